The summed E-state index contributed by atoms with van der Waals surface area (Å²) in [4.78, 5) is 6.48. The minimum Gasteiger partial charge on any atom is -0.506 e. The summed E-state index contributed by atoms with van der Waals surface area (Å²) < 4.78 is 10.9. The molecule has 2 aromatic rings. The number of nitrogen functional groups attached to an aromatic ring is 1. The Labute approximate surface area is 115 Å². The van der Waals surface area contributed by atoms with Crippen LogP contribution in [0, 0.1) is 0 Å². The highest BCUT2D eigenvalue weighted by molar-refractivity contribution is 5.63. The van der Waals surface area contributed by atoms with Gasteiger partial charge in [0.2, 0.25) is 5.82 Å². The summed E-state index contributed by atoms with van der Waals surface area (Å²) >= 11 is 0. The Kier molecular flexibility index (Phi) is 3.29. The number of aromatic hydroxyl groups is 1. The number of nitrogens with two attached hydrogens (primary N) is 1. The minimum absolute atomic E-state index is 0.00380. The van der Waals surface area contributed by atoms with Crippen molar-refractivity contribution in [1.82, 2.24) is 15.0 Å². The van der Waals surface area contributed by atoms with Gasteiger partial charge in [-0.05, 0) is 25.2 Å². The first kappa shape index (κ1) is 12.9. The van der Waals surface area contributed by atoms with Gasteiger partial charge in [0.1, 0.15) is 11.9 Å². The molecule has 0 spiro atoms. The Hall–Kier alpha value is -2.12. The van der Waals surface area contributed by atoms with Crippen molar-refractivity contribution in [3.63, 3.8) is 0 Å². The molecule has 1 fully saturated rings. The molecule has 3 N–H and O–H groups in total. The Bertz CT molecular complexity index is 613. The number of benzene rings is 1. The second-order valence-corrected chi connectivity index (χ2v) is 4.85. The van der Waals surface area contributed by atoms with Gasteiger partial charge in [-0.1, -0.05) is 5.16 Å². The summed E-state index contributed by atoms with van der Waals surface area (Å²) in [7, 11) is 2.02. The molecule has 1 aromatic heterocycles. The van der Waals surface area contributed by atoms with Gasteiger partial charge in [0.05, 0.1) is 12.3 Å². The molecule has 1 aliphatic heterocycles. The van der Waals surface area contributed by atoms with E-state index < -0.39 is 0 Å². The van der Waals surface area contributed by atoms with Crippen LogP contribution in [0.3, 0.4) is 0 Å². The number of hydrogen-bond acceptors (Lipinski definition) is 7. The number of hydrogen-bond donors (Lipinski definition) is 2. The van der Waals surface area contributed by atoms with Crippen LogP contribution in [0.2, 0.25) is 0 Å². The van der Waals surface area contributed by atoms with Crippen LogP contribution in [-0.4, -0.2) is 46.9 Å². The van der Waals surface area contributed by atoms with Crippen LogP contribution in [0.4, 0.5) is 5.69 Å². The van der Waals surface area contributed by atoms with Gasteiger partial charge in [-0.25, -0.2) is 0 Å². The first-order valence-electron chi connectivity index (χ1n) is 6.36. The fraction of sp³-hybridized carbons (Fsp3) is 0.385. The Morgan fingerprint density at radius 1 is 1.45 bits per heavy atom. The van der Waals surface area contributed by atoms with Crippen molar-refractivity contribution in [2.45, 2.75) is 6.10 Å². The van der Waals surface area contributed by atoms with Crippen LogP contribution in [0.25, 0.3) is 11.5 Å². The Morgan fingerprint density at radius 3 is 3.05 bits per heavy atom. The van der Waals surface area contributed by atoms with E-state index in [1.54, 1.807) is 12.1 Å². The average molecular weight is 276 g/mol. The van der Waals surface area contributed by atoms with Crippen molar-refractivity contribution in [3.8, 4) is 17.2 Å². The zero-order valence-electron chi connectivity index (χ0n) is 11.1. The Balaban J connectivity index is 1.84. The van der Waals surface area contributed by atoms with Crippen molar-refractivity contribution in [3.05, 3.63) is 24.0 Å². The molecule has 1 unspecified atom stereocenters. The van der Waals surface area contributed by atoms with Crippen molar-refractivity contribution in [1.29, 1.82) is 0 Å². The summed E-state index contributed by atoms with van der Waals surface area (Å²) in [5.74, 6) is 0.853. The molecule has 0 saturated carbocycles. The van der Waals surface area contributed by atoms with Gasteiger partial charge < -0.3 is 25.0 Å². The molecule has 7 heteroatoms. The summed E-state index contributed by atoms with van der Waals surface area (Å²) in [6, 6.07) is 4.82. The maximum Gasteiger partial charge on any atom is 0.258 e. The standard InChI is InChI=1S/C13H16N4O3/c1-17-4-5-19-11(7-17)12-15-13(20-16-12)8-2-3-9(14)10(18)6-8/h2-3,6,11,18H,4-5,7,14H2,1H3. The smallest absolute Gasteiger partial charge is 0.258 e. The first-order chi connectivity index (χ1) is 9.63. The zero-order chi connectivity index (χ0) is 14.1. The van der Waals surface area contributed by atoms with Crippen LogP contribution in [0.5, 0.6) is 5.75 Å². The molecular formula is C13H16N4O3. The first-order valence-corrected chi connectivity index (χ1v) is 6.36. The summed E-state index contributed by atoms with van der Waals surface area (Å²) in [5, 5.41) is 13.6. The van der Waals surface area contributed by atoms with Gasteiger partial charge in [-0.2, -0.15) is 4.98 Å². The highest BCUT2D eigenvalue weighted by Gasteiger charge is 2.24. The van der Waals surface area contributed by atoms with Crippen molar-refractivity contribution >= 4 is 5.69 Å². The van der Waals surface area contributed by atoms with E-state index in [1.165, 1.54) is 6.07 Å². The van der Waals surface area contributed by atoms with Gasteiger partial charge in [-0.3, -0.25) is 0 Å². The molecule has 0 radical (unpaired) electrons. The maximum atomic E-state index is 9.61. The van der Waals surface area contributed by atoms with Crippen LogP contribution in [0.1, 0.15) is 11.9 Å². The van der Waals surface area contributed by atoms with E-state index in [2.05, 4.69) is 15.0 Å². The van der Waals surface area contributed by atoms with Gasteiger partial charge in [0.25, 0.3) is 5.89 Å². The lowest BCUT2D eigenvalue weighted by atomic mass is 10.2. The predicted molar refractivity (Wildman–Crippen MR) is 72.0 cm³/mol. The van der Waals surface area contributed by atoms with Gasteiger partial charge in [0.15, 0.2) is 0 Å². The third-order valence-corrected chi connectivity index (χ3v) is 3.28. The van der Waals surface area contributed by atoms with Crippen LogP contribution >= 0.6 is 0 Å². The average Bonchev–Trinajstić information content (AvgIpc) is 2.92. The number of nitrogens with zero attached hydrogens (tertiary/aromatic N) is 3. The molecule has 1 atom stereocenters. The van der Waals surface area contributed by atoms with E-state index in [4.69, 9.17) is 15.0 Å². The fourth-order valence-corrected chi connectivity index (χ4v) is 2.09. The number of anilines is 1. The second-order valence-electron chi connectivity index (χ2n) is 4.85. The van der Waals surface area contributed by atoms with Crippen LogP contribution in [-0.2, 0) is 4.74 Å². The lowest BCUT2D eigenvalue weighted by Crippen LogP contribution is -2.35. The third-order valence-electron chi connectivity index (χ3n) is 3.28. The molecule has 20 heavy (non-hydrogen) atoms. The van der Waals surface area contributed by atoms with E-state index in [0.29, 0.717) is 29.6 Å². The number of ether oxygens (including phenoxy) is 1. The van der Waals surface area contributed by atoms with E-state index in [-0.39, 0.29) is 11.9 Å². The summed E-state index contributed by atoms with van der Waals surface area (Å²) in [5.41, 5.74) is 6.50. The molecule has 0 bridgehead atoms. The molecule has 2 heterocycles. The fourth-order valence-electron chi connectivity index (χ4n) is 2.09. The number of phenolic OH excluding ortho intramolecular Hbond substituents is 1. The lowest BCUT2D eigenvalue weighted by molar-refractivity contribution is -0.0264. The molecule has 1 aliphatic rings. The van der Waals surface area contributed by atoms with Crippen molar-refractivity contribution in [2.24, 2.45) is 0 Å². The zero-order valence-corrected chi connectivity index (χ0v) is 11.1. The summed E-state index contributed by atoms with van der Waals surface area (Å²) in [6.07, 6.45) is -0.186. The van der Waals surface area contributed by atoms with Gasteiger partial charge >= 0.3 is 0 Å². The SMILES string of the molecule is CN1CCOC(c2noc(-c3ccc(N)c(O)c3)n2)C1. The van der Waals surface area contributed by atoms with Crippen molar-refractivity contribution < 1.29 is 14.4 Å². The topological polar surface area (TPSA) is 97.6 Å². The van der Waals surface area contributed by atoms with Crippen LogP contribution in [0.15, 0.2) is 22.7 Å². The van der Waals surface area contributed by atoms with Crippen LogP contribution < -0.4 is 5.73 Å². The number of rotatable bonds is 2. The molecule has 1 saturated heterocycles. The Morgan fingerprint density at radius 2 is 2.30 bits per heavy atom. The predicted octanol–water partition coefficient (Wildman–Crippen LogP) is 1.03. The number of phenols is 1. The quantitative estimate of drug-likeness (QED) is 0.624. The summed E-state index contributed by atoms with van der Waals surface area (Å²) in [6.45, 7) is 2.27. The number of morpholine rings is 1. The van der Waals surface area contributed by atoms with Gasteiger partial charge in [-0.15, -0.1) is 0 Å². The molecule has 0 aliphatic carbocycles. The second kappa shape index (κ2) is 5.10. The van der Waals surface area contributed by atoms with E-state index in [0.717, 1.165) is 13.1 Å². The normalized spacial score (nSPS) is 20.1. The lowest BCUT2D eigenvalue weighted by Gasteiger charge is -2.27. The third kappa shape index (κ3) is 2.45. The van der Waals surface area contributed by atoms with E-state index >= 15 is 0 Å². The van der Waals surface area contributed by atoms with E-state index in [1.807, 2.05) is 7.05 Å². The molecule has 0 amide bonds. The highest BCUT2D eigenvalue weighted by atomic mass is 16.5. The van der Waals surface area contributed by atoms with E-state index in [9.17, 15) is 5.11 Å². The highest BCUT2D eigenvalue weighted by Crippen LogP contribution is 2.28. The molecular weight excluding hydrogens is 260 g/mol. The largest absolute Gasteiger partial charge is 0.506 e. The molecule has 3 rings (SSSR count). The molecule has 106 valence electrons. The van der Waals surface area contributed by atoms with Crippen molar-refractivity contribution in [2.75, 3.05) is 32.5 Å². The molecule has 7 nitrogen and oxygen atoms in total. The monoisotopic (exact) mass is 276 g/mol. The van der Waals surface area contributed by atoms with Gasteiger partial charge in [0, 0.05) is 18.7 Å². The minimum atomic E-state index is -0.186. The number of aromatic nitrogens is 2. The number of likely N-dealkylation sites (N-methyl/N-ethyl adjacent to an activating group) is 1. The maximum absolute atomic E-state index is 9.61. The molecule has 1 aromatic carbocycles.